The van der Waals surface area contributed by atoms with Crippen LogP contribution < -0.4 is 0 Å². The Kier molecular flexibility index (Phi) is 5.61. The van der Waals surface area contributed by atoms with Gasteiger partial charge < -0.3 is 0 Å². The standard InChI is InChI=1S/C44H28/c1-2-14-30(15-3-1)43-38-22-10-11-23-39(38)44(41-27-31-16-5-7-19-35(31)36-20-8-9-21-37(36)41)42-28-32(25-26-40(42)43)34-24-12-17-29-13-4-6-18-33(29)34/h1-28H. The second-order valence-corrected chi connectivity index (χ2v) is 11.6. The average Bonchev–Trinajstić information content (AvgIpc) is 3.10. The van der Waals surface area contributed by atoms with Crippen LogP contribution in [0.5, 0.6) is 0 Å². The topological polar surface area (TPSA) is 0 Å². The first-order valence-electron chi connectivity index (χ1n) is 15.3. The molecule has 0 fully saturated rings. The molecule has 0 bridgehead atoms. The van der Waals surface area contributed by atoms with Crippen LogP contribution in [0.3, 0.4) is 0 Å². The Morgan fingerprint density at radius 2 is 0.795 bits per heavy atom. The molecule has 9 aromatic carbocycles. The molecule has 0 heteroatoms. The van der Waals surface area contributed by atoms with E-state index in [0.29, 0.717) is 0 Å². The summed E-state index contributed by atoms with van der Waals surface area (Å²) in [7, 11) is 0. The van der Waals surface area contributed by atoms with Crippen LogP contribution in [0.4, 0.5) is 0 Å². The van der Waals surface area contributed by atoms with Gasteiger partial charge in [0.2, 0.25) is 0 Å². The molecule has 0 heterocycles. The van der Waals surface area contributed by atoms with E-state index in [9.17, 15) is 0 Å². The van der Waals surface area contributed by atoms with Crippen molar-refractivity contribution in [2.45, 2.75) is 0 Å². The molecule has 0 aliphatic heterocycles. The van der Waals surface area contributed by atoms with Crippen LogP contribution in [-0.2, 0) is 0 Å². The molecule has 9 rings (SSSR count). The summed E-state index contributed by atoms with van der Waals surface area (Å²) in [5.41, 5.74) is 7.58. The molecule has 44 heavy (non-hydrogen) atoms. The minimum Gasteiger partial charge on any atom is -0.0622 e. The van der Waals surface area contributed by atoms with Crippen molar-refractivity contribution >= 4 is 53.9 Å². The lowest BCUT2D eigenvalue weighted by molar-refractivity contribution is 1.65. The van der Waals surface area contributed by atoms with E-state index in [2.05, 4.69) is 170 Å². The first-order valence-corrected chi connectivity index (χ1v) is 15.3. The monoisotopic (exact) mass is 556 g/mol. The normalized spacial score (nSPS) is 11.6. The molecule has 0 unspecified atom stereocenters. The van der Waals surface area contributed by atoms with Gasteiger partial charge in [-0.25, -0.2) is 0 Å². The molecule has 9 aromatic rings. The molecule has 0 aliphatic carbocycles. The third kappa shape index (κ3) is 3.78. The van der Waals surface area contributed by atoms with Gasteiger partial charge in [-0.2, -0.15) is 0 Å². The van der Waals surface area contributed by atoms with E-state index in [0.717, 1.165) is 0 Å². The van der Waals surface area contributed by atoms with Crippen LogP contribution in [-0.4, -0.2) is 0 Å². The van der Waals surface area contributed by atoms with Crippen LogP contribution >= 0.6 is 0 Å². The highest BCUT2D eigenvalue weighted by atomic mass is 14.2. The number of hydrogen-bond acceptors (Lipinski definition) is 0. The number of hydrogen-bond donors (Lipinski definition) is 0. The molecule has 0 saturated heterocycles. The highest BCUT2D eigenvalue weighted by Gasteiger charge is 2.20. The maximum atomic E-state index is 2.44. The van der Waals surface area contributed by atoms with Crippen molar-refractivity contribution in [1.29, 1.82) is 0 Å². The number of benzene rings is 9. The minimum absolute atomic E-state index is 1.23. The molecule has 0 amide bonds. The van der Waals surface area contributed by atoms with E-state index < -0.39 is 0 Å². The van der Waals surface area contributed by atoms with Crippen molar-refractivity contribution < 1.29 is 0 Å². The molecule has 0 spiro atoms. The Morgan fingerprint density at radius 3 is 1.59 bits per heavy atom. The van der Waals surface area contributed by atoms with E-state index in [1.807, 2.05) is 0 Å². The van der Waals surface area contributed by atoms with Crippen molar-refractivity contribution in [3.05, 3.63) is 170 Å². The zero-order chi connectivity index (χ0) is 29.0. The van der Waals surface area contributed by atoms with Gasteiger partial charge in [0.15, 0.2) is 0 Å². The lowest BCUT2D eigenvalue weighted by atomic mass is 9.83. The van der Waals surface area contributed by atoms with E-state index in [4.69, 9.17) is 0 Å². The van der Waals surface area contributed by atoms with Crippen LogP contribution in [0.1, 0.15) is 0 Å². The highest BCUT2D eigenvalue weighted by molar-refractivity contribution is 6.26. The van der Waals surface area contributed by atoms with Crippen molar-refractivity contribution in [2.75, 3.05) is 0 Å². The Labute approximate surface area is 256 Å². The maximum absolute atomic E-state index is 2.44. The molecular weight excluding hydrogens is 528 g/mol. The third-order valence-electron chi connectivity index (χ3n) is 9.22. The van der Waals surface area contributed by atoms with Crippen molar-refractivity contribution in [3.8, 4) is 33.4 Å². The molecule has 0 aromatic heterocycles. The first-order chi connectivity index (χ1) is 21.8. The van der Waals surface area contributed by atoms with Gasteiger partial charge in [-0.3, -0.25) is 0 Å². The quantitative estimate of drug-likeness (QED) is 0.150. The lowest BCUT2D eigenvalue weighted by Gasteiger charge is -2.20. The van der Waals surface area contributed by atoms with E-state index in [1.165, 1.54) is 87.2 Å². The molecule has 0 aliphatic rings. The van der Waals surface area contributed by atoms with Crippen molar-refractivity contribution in [1.82, 2.24) is 0 Å². The third-order valence-corrected chi connectivity index (χ3v) is 9.22. The summed E-state index contributed by atoms with van der Waals surface area (Å²) in [6.07, 6.45) is 0. The van der Waals surface area contributed by atoms with Gasteiger partial charge in [-0.1, -0.05) is 158 Å². The molecule has 0 N–H and O–H groups in total. The van der Waals surface area contributed by atoms with Gasteiger partial charge in [-0.15, -0.1) is 0 Å². The number of fused-ring (bicyclic) bond motifs is 6. The molecule has 0 saturated carbocycles. The predicted octanol–water partition coefficient (Wildman–Crippen LogP) is 12.5. The summed E-state index contributed by atoms with van der Waals surface area (Å²) in [6.45, 7) is 0. The van der Waals surface area contributed by atoms with Gasteiger partial charge >= 0.3 is 0 Å². The summed E-state index contributed by atoms with van der Waals surface area (Å²) in [4.78, 5) is 0. The summed E-state index contributed by atoms with van der Waals surface area (Å²) in [5.74, 6) is 0. The largest absolute Gasteiger partial charge is 0.0622 e. The van der Waals surface area contributed by atoms with E-state index >= 15 is 0 Å². The lowest BCUT2D eigenvalue weighted by Crippen LogP contribution is -1.93. The first kappa shape index (κ1) is 24.8. The van der Waals surface area contributed by atoms with Crippen LogP contribution in [0.15, 0.2) is 170 Å². The summed E-state index contributed by atoms with van der Waals surface area (Å²) >= 11 is 0. The fraction of sp³-hybridized carbons (Fsp3) is 0. The Hall–Kier alpha value is -5.72. The molecule has 204 valence electrons. The summed E-state index contributed by atoms with van der Waals surface area (Å²) in [5, 5.41) is 12.7. The van der Waals surface area contributed by atoms with Crippen molar-refractivity contribution in [2.24, 2.45) is 0 Å². The van der Waals surface area contributed by atoms with Gasteiger partial charge in [0.05, 0.1) is 0 Å². The van der Waals surface area contributed by atoms with Crippen LogP contribution in [0, 0.1) is 0 Å². The minimum atomic E-state index is 1.23. The Bertz CT molecular complexity index is 2530. The Morgan fingerprint density at radius 1 is 0.227 bits per heavy atom. The predicted molar refractivity (Wildman–Crippen MR) is 190 cm³/mol. The van der Waals surface area contributed by atoms with E-state index in [1.54, 1.807) is 0 Å². The molecular formula is C44H28. The average molecular weight is 557 g/mol. The SMILES string of the molecule is c1ccc(-c2c3ccccc3c(-c3cc4ccccc4c4ccccc34)c3cc(-c4cccc5ccccc45)ccc23)cc1. The van der Waals surface area contributed by atoms with Crippen LogP contribution in [0.25, 0.3) is 87.2 Å². The van der Waals surface area contributed by atoms with E-state index in [-0.39, 0.29) is 0 Å². The fourth-order valence-electron chi connectivity index (χ4n) is 7.29. The highest BCUT2D eigenvalue weighted by Crippen LogP contribution is 2.47. The Balaban J connectivity index is 1.49. The summed E-state index contributed by atoms with van der Waals surface area (Å²) in [6, 6.07) is 62.4. The molecule has 0 nitrogen and oxygen atoms in total. The smallest absolute Gasteiger partial charge is 0.00197 e. The fourth-order valence-corrected chi connectivity index (χ4v) is 7.29. The number of rotatable bonds is 3. The van der Waals surface area contributed by atoms with Gasteiger partial charge in [-0.05, 0) is 99.4 Å². The van der Waals surface area contributed by atoms with Gasteiger partial charge in [0.25, 0.3) is 0 Å². The molecule has 0 atom stereocenters. The summed E-state index contributed by atoms with van der Waals surface area (Å²) < 4.78 is 0. The van der Waals surface area contributed by atoms with Crippen molar-refractivity contribution in [3.63, 3.8) is 0 Å². The second kappa shape index (κ2) is 9.93. The van der Waals surface area contributed by atoms with Crippen LogP contribution in [0.2, 0.25) is 0 Å². The zero-order valence-electron chi connectivity index (χ0n) is 24.2. The zero-order valence-corrected chi connectivity index (χ0v) is 24.2. The molecule has 0 radical (unpaired) electrons. The van der Waals surface area contributed by atoms with Gasteiger partial charge in [0, 0.05) is 0 Å². The second-order valence-electron chi connectivity index (χ2n) is 11.6. The maximum Gasteiger partial charge on any atom is -0.00197 e. The van der Waals surface area contributed by atoms with Gasteiger partial charge in [0.1, 0.15) is 0 Å².